The highest BCUT2D eigenvalue weighted by Gasteiger charge is 2.29. The van der Waals surface area contributed by atoms with Gasteiger partial charge in [-0.15, -0.1) is 0 Å². The van der Waals surface area contributed by atoms with Crippen molar-refractivity contribution in [3.05, 3.63) is 42.2 Å². The van der Waals surface area contributed by atoms with Gasteiger partial charge in [-0.3, -0.25) is 0 Å². The molecule has 0 saturated carbocycles. The van der Waals surface area contributed by atoms with Gasteiger partial charge < -0.3 is 15.5 Å². The Kier molecular flexibility index (Phi) is 6.07. The van der Waals surface area contributed by atoms with E-state index in [2.05, 4.69) is 20.6 Å². The van der Waals surface area contributed by atoms with E-state index in [1.807, 2.05) is 0 Å². The van der Waals surface area contributed by atoms with Gasteiger partial charge in [0.05, 0.1) is 12.2 Å². The number of nitrogens with one attached hydrogen (secondary N) is 2. The summed E-state index contributed by atoms with van der Waals surface area (Å²) < 4.78 is 36.8. The average Bonchev–Trinajstić information content (AvgIpc) is 2.54. The van der Waals surface area contributed by atoms with Crippen LogP contribution >= 0.6 is 11.8 Å². The van der Waals surface area contributed by atoms with Crippen LogP contribution in [0.1, 0.15) is 5.69 Å². The van der Waals surface area contributed by atoms with Crippen molar-refractivity contribution in [2.45, 2.75) is 16.9 Å². The number of rotatable bonds is 5. The molecular formula is C15H16F3N5OS. The SMILES string of the molecule is CN(C)c1nccc(CNC(=O)Nc2ccc(SC(F)(F)F)cc2)n1. The van der Waals surface area contributed by atoms with Crippen LogP contribution in [0.2, 0.25) is 0 Å². The molecule has 2 aromatic rings. The first-order valence-corrected chi connectivity index (χ1v) is 7.94. The van der Waals surface area contributed by atoms with Gasteiger partial charge in [0.25, 0.3) is 0 Å². The number of nitrogens with zero attached hydrogens (tertiary/aromatic N) is 3. The molecule has 134 valence electrons. The third-order valence-electron chi connectivity index (χ3n) is 2.88. The van der Waals surface area contributed by atoms with Gasteiger partial charge in [-0.2, -0.15) is 13.2 Å². The Morgan fingerprint density at radius 2 is 1.88 bits per heavy atom. The Bertz CT molecular complexity index is 722. The van der Waals surface area contributed by atoms with E-state index in [0.29, 0.717) is 17.3 Å². The minimum absolute atomic E-state index is 0.0515. The lowest BCUT2D eigenvalue weighted by molar-refractivity contribution is -0.0328. The maximum Gasteiger partial charge on any atom is 0.446 e. The highest BCUT2D eigenvalue weighted by Crippen LogP contribution is 2.36. The highest BCUT2D eigenvalue weighted by molar-refractivity contribution is 8.00. The first-order valence-electron chi connectivity index (χ1n) is 7.13. The van der Waals surface area contributed by atoms with Gasteiger partial charge in [0.1, 0.15) is 0 Å². The molecule has 0 spiro atoms. The molecule has 1 heterocycles. The van der Waals surface area contributed by atoms with Gasteiger partial charge in [-0.05, 0) is 42.1 Å². The second kappa shape index (κ2) is 8.06. The summed E-state index contributed by atoms with van der Waals surface area (Å²) in [7, 11) is 3.61. The van der Waals surface area contributed by atoms with Crippen LogP contribution in [0.25, 0.3) is 0 Å². The first-order chi connectivity index (χ1) is 11.7. The van der Waals surface area contributed by atoms with Crippen molar-refractivity contribution in [3.63, 3.8) is 0 Å². The van der Waals surface area contributed by atoms with Crippen molar-refractivity contribution < 1.29 is 18.0 Å². The molecule has 2 rings (SSSR count). The predicted molar refractivity (Wildman–Crippen MR) is 90.6 cm³/mol. The Labute approximate surface area is 146 Å². The molecule has 0 atom stereocenters. The maximum atomic E-state index is 12.3. The molecular weight excluding hydrogens is 355 g/mol. The Morgan fingerprint density at radius 3 is 2.48 bits per heavy atom. The summed E-state index contributed by atoms with van der Waals surface area (Å²) in [5.74, 6) is 0.525. The fourth-order valence-electron chi connectivity index (χ4n) is 1.78. The van der Waals surface area contributed by atoms with Gasteiger partial charge in [0, 0.05) is 30.9 Å². The van der Waals surface area contributed by atoms with Gasteiger partial charge in [0.2, 0.25) is 5.95 Å². The number of hydrogen-bond acceptors (Lipinski definition) is 5. The molecule has 0 aliphatic carbocycles. The van der Waals surface area contributed by atoms with Gasteiger partial charge in [-0.25, -0.2) is 14.8 Å². The summed E-state index contributed by atoms with van der Waals surface area (Å²) in [4.78, 5) is 22.0. The summed E-state index contributed by atoms with van der Waals surface area (Å²) in [6.07, 6.45) is 1.59. The number of urea groups is 1. The van der Waals surface area contributed by atoms with Crippen molar-refractivity contribution in [1.82, 2.24) is 15.3 Å². The molecule has 0 saturated heterocycles. The predicted octanol–water partition coefficient (Wildman–Crippen LogP) is 3.48. The van der Waals surface area contributed by atoms with Gasteiger partial charge in [-0.1, -0.05) is 0 Å². The van der Waals surface area contributed by atoms with E-state index in [-0.39, 0.29) is 23.2 Å². The number of amides is 2. The van der Waals surface area contributed by atoms with E-state index in [9.17, 15) is 18.0 Å². The van der Waals surface area contributed by atoms with Crippen LogP contribution in [0.15, 0.2) is 41.4 Å². The van der Waals surface area contributed by atoms with Crippen LogP contribution in [0.5, 0.6) is 0 Å². The van der Waals surface area contributed by atoms with E-state index in [4.69, 9.17) is 0 Å². The first kappa shape index (κ1) is 18.8. The third-order valence-corrected chi connectivity index (χ3v) is 3.62. The monoisotopic (exact) mass is 371 g/mol. The molecule has 10 heteroatoms. The quantitative estimate of drug-likeness (QED) is 0.788. The fourth-order valence-corrected chi connectivity index (χ4v) is 2.32. The smallest absolute Gasteiger partial charge is 0.347 e. The third kappa shape index (κ3) is 6.49. The van der Waals surface area contributed by atoms with Crippen LogP contribution in [0.4, 0.5) is 29.6 Å². The lowest BCUT2D eigenvalue weighted by atomic mass is 10.3. The largest absolute Gasteiger partial charge is 0.446 e. The van der Waals surface area contributed by atoms with Crippen molar-refractivity contribution in [1.29, 1.82) is 0 Å². The summed E-state index contributed by atoms with van der Waals surface area (Å²) >= 11 is -0.207. The second-order valence-electron chi connectivity index (χ2n) is 5.12. The number of anilines is 2. The zero-order valence-electron chi connectivity index (χ0n) is 13.5. The van der Waals surface area contributed by atoms with E-state index in [0.717, 1.165) is 0 Å². The maximum absolute atomic E-state index is 12.3. The molecule has 0 unspecified atom stereocenters. The normalized spacial score (nSPS) is 11.1. The lowest BCUT2D eigenvalue weighted by Gasteiger charge is -2.12. The molecule has 0 aliphatic heterocycles. The number of aromatic nitrogens is 2. The summed E-state index contributed by atoms with van der Waals surface area (Å²) in [5.41, 5.74) is -3.32. The molecule has 0 fully saturated rings. The van der Waals surface area contributed by atoms with Crippen LogP contribution < -0.4 is 15.5 Å². The second-order valence-corrected chi connectivity index (χ2v) is 6.26. The standard InChI is InChI=1S/C15H16F3N5OS/c1-23(2)13-19-8-7-11(21-13)9-20-14(24)22-10-3-5-12(6-4-10)25-15(16,17)18/h3-8H,9H2,1-2H3,(H2,20,22,24). The zero-order valence-corrected chi connectivity index (χ0v) is 14.3. The number of hydrogen-bond donors (Lipinski definition) is 2. The summed E-state index contributed by atoms with van der Waals surface area (Å²) in [6, 6.07) is 6.59. The number of thioether (sulfide) groups is 1. The Morgan fingerprint density at radius 1 is 1.20 bits per heavy atom. The number of benzene rings is 1. The molecule has 25 heavy (non-hydrogen) atoms. The van der Waals surface area contributed by atoms with E-state index >= 15 is 0 Å². The van der Waals surface area contributed by atoms with Gasteiger partial charge >= 0.3 is 11.5 Å². The molecule has 0 aliphatic rings. The van der Waals surface area contributed by atoms with Crippen LogP contribution in [0.3, 0.4) is 0 Å². The minimum atomic E-state index is -4.34. The molecule has 0 bridgehead atoms. The number of alkyl halides is 3. The van der Waals surface area contributed by atoms with Crippen molar-refractivity contribution >= 4 is 29.4 Å². The van der Waals surface area contributed by atoms with Crippen LogP contribution in [0, 0.1) is 0 Å². The van der Waals surface area contributed by atoms with E-state index < -0.39 is 11.5 Å². The summed E-state index contributed by atoms with van der Waals surface area (Å²) in [5, 5.41) is 5.17. The zero-order chi connectivity index (χ0) is 18.4. The Balaban J connectivity index is 1.87. The average molecular weight is 371 g/mol. The van der Waals surface area contributed by atoms with E-state index in [1.54, 1.807) is 31.3 Å². The van der Waals surface area contributed by atoms with Gasteiger partial charge in [0.15, 0.2) is 0 Å². The van der Waals surface area contributed by atoms with Crippen molar-refractivity contribution in [3.8, 4) is 0 Å². The number of halogens is 3. The van der Waals surface area contributed by atoms with Crippen molar-refractivity contribution in [2.24, 2.45) is 0 Å². The van der Waals surface area contributed by atoms with Crippen LogP contribution in [-0.2, 0) is 6.54 Å². The summed E-state index contributed by atoms with van der Waals surface area (Å²) in [6.45, 7) is 0.192. The molecule has 1 aromatic carbocycles. The molecule has 6 nitrogen and oxygen atoms in total. The lowest BCUT2D eigenvalue weighted by Crippen LogP contribution is -2.28. The molecule has 1 aromatic heterocycles. The number of carbonyl (C=O) groups excluding carboxylic acids is 1. The Hall–Kier alpha value is -2.49. The molecule has 2 amide bonds. The van der Waals surface area contributed by atoms with Crippen LogP contribution in [-0.4, -0.2) is 35.6 Å². The minimum Gasteiger partial charge on any atom is -0.347 e. The topological polar surface area (TPSA) is 70.2 Å². The number of carbonyl (C=O) groups is 1. The molecule has 2 N–H and O–H groups in total. The molecule has 0 radical (unpaired) electrons. The fraction of sp³-hybridized carbons (Fsp3) is 0.267. The van der Waals surface area contributed by atoms with Crippen molar-refractivity contribution in [2.75, 3.05) is 24.3 Å². The highest BCUT2D eigenvalue weighted by atomic mass is 32.2. The van der Waals surface area contributed by atoms with E-state index in [1.165, 1.54) is 24.3 Å².